The fourth-order valence-electron chi connectivity index (χ4n) is 1.14. The summed E-state index contributed by atoms with van der Waals surface area (Å²) in [5.74, 6) is -1.06. The summed E-state index contributed by atoms with van der Waals surface area (Å²) in [5, 5.41) is 14.2. The molecule has 0 fully saturated rings. The smallest absolute Gasteiger partial charge is 0.351 e. The van der Waals surface area contributed by atoms with Crippen LogP contribution in [0, 0.1) is 4.91 Å². The molecule has 16 heavy (non-hydrogen) atoms. The van der Waals surface area contributed by atoms with Gasteiger partial charge in [-0.25, -0.2) is 4.79 Å². The van der Waals surface area contributed by atoms with Crippen molar-refractivity contribution in [3.63, 3.8) is 0 Å². The fraction of sp³-hybridized carbons (Fsp3) is 0.182. The molecule has 1 aromatic rings. The van der Waals surface area contributed by atoms with Crippen molar-refractivity contribution in [1.82, 2.24) is 5.32 Å². The number of carboxylic acids is 1. The Kier molecular flexibility index (Phi) is 4.72. The molecular weight excluding hydrogens is 208 g/mol. The molecule has 0 amide bonds. The van der Waals surface area contributed by atoms with E-state index in [1.165, 1.54) is 6.08 Å². The Morgan fingerprint density at radius 1 is 1.38 bits per heavy atom. The van der Waals surface area contributed by atoms with Crippen LogP contribution in [0.5, 0.6) is 0 Å². The van der Waals surface area contributed by atoms with Crippen LogP contribution in [0.4, 0.5) is 0 Å². The van der Waals surface area contributed by atoms with Crippen LogP contribution in [-0.2, 0) is 4.79 Å². The minimum Gasteiger partial charge on any atom is -0.477 e. The monoisotopic (exact) mass is 220 g/mol. The van der Waals surface area contributed by atoms with Gasteiger partial charge in [-0.05, 0) is 11.6 Å². The van der Waals surface area contributed by atoms with Crippen LogP contribution < -0.4 is 5.32 Å². The minimum absolute atomic E-state index is 0.0411. The molecule has 2 N–H and O–H groups in total. The summed E-state index contributed by atoms with van der Waals surface area (Å²) in [6, 6.07) is 9.07. The highest BCUT2D eigenvalue weighted by molar-refractivity contribution is 5.91. The summed E-state index contributed by atoms with van der Waals surface area (Å²) in [5.41, 5.74) is 0.835. The number of benzene rings is 1. The molecule has 0 aliphatic carbocycles. The van der Waals surface area contributed by atoms with Gasteiger partial charge in [0, 0.05) is 6.54 Å². The predicted octanol–water partition coefficient (Wildman–Crippen LogP) is 1.47. The molecule has 0 saturated carbocycles. The Bertz CT molecular complexity index is 387. The normalized spacial score (nSPS) is 10.9. The molecule has 0 bridgehead atoms. The number of hydrogen-bond donors (Lipinski definition) is 2. The molecule has 5 heteroatoms. The van der Waals surface area contributed by atoms with E-state index < -0.39 is 5.97 Å². The second-order valence-corrected chi connectivity index (χ2v) is 3.05. The molecule has 0 atom stereocenters. The molecule has 0 spiro atoms. The zero-order valence-electron chi connectivity index (χ0n) is 8.59. The molecule has 0 unspecified atom stereocenters. The lowest BCUT2D eigenvalue weighted by atomic mass is 10.2. The second-order valence-electron chi connectivity index (χ2n) is 3.05. The van der Waals surface area contributed by atoms with E-state index in [1.54, 1.807) is 12.1 Å². The molecule has 0 aromatic heterocycles. The zero-order chi connectivity index (χ0) is 11.8. The van der Waals surface area contributed by atoms with Crippen LogP contribution in [0.1, 0.15) is 5.56 Å². The number of nitroso groups, excluding NO2 is 1. The molecule has 0 heterocycles. The fourth-order valence-corrected chi connectivity index (χ4v) is 1.14. The van der Waals surface area contributed by atoms with Crippen LogP contribution in [-0.4, -0.2) is 24.2 Å². The Labute approximate surface area is 92.8 Å². The van der Waals surface area contributed by atoms with Gasteiger partial charge >= 0.3 is 5.97 Å². The van der Waals surface area contributed by atoms with Gasteiger partial charge in [0.05, 0.1) is 6.54 Å². The summed E-state index contributed by atoms with van der Waals surface area (Å²) < 4.78 is 0. The summed E-state index contributed by atoms with van der Waals surface area (Å²) in [7, 11) is 0. The Morgan fingerprint density at radius 2 is 2.06 bits per heavy atom. The zero-order valence-corrected chi connectivity index (χ0v) is 8.59. The molecule has 0 saturated heterocycles. The van der Waals surface area contributed by atoms with E-state index >= 15 is 0 Å². The van der Waals surface area contributed by atoms with E-state index in [1.807, 2.05) is 18.2 Å². The number of nitrogens with one attached hydrogen (secondary N) is 1. The average Bonchev–Trinajstić information content (AvgIpc) is 2.29. The van der Waals surface area contributed by atoms with Gasteiger partial charge in [-0.1, -0.05) is 35.5 Å². The van der Waals surface area contributed by atoms with Crippen molar-refractivity contribution in [2.75, 3.05) is 13.1 Å². The first-order valence-corrected chi connectivity index (χ1v) is 4.77. The van der Waals surface area contributed by atoms with Crippen molar-refractivity contribution >= 4 is 12.0 Å². The van der Waals surface area contributed by atoms with Crippen molar-refractivity contribution in [3.05, 3.63) is 46.5 Å². The van der Waals surface area contributed by atoms with Gasteiger partial charge in [-0.2, -0.15) is 4.91 Å². The molecule has 0 aliphatic heterocycles. The van der Waals surface area contributed by atoms with Crippen molar-refractivity contribution < 1.29 is 9.90 Å². The van der Waals surface area contributed by atoms with Crippen molar-refractivity contribution in [3.8, 4) is 0 Å². The lowest BCUT2D eigenvalue weighted by Crippen LogP contribution is -2.22. The van der Waals surface area contributed by atoms with Crippen molar-refractivity contribution in [1.29, 1.82) is 0 Å². The summed E-state index contributed by atoms with van der Waals surface area (Å²) in [6.07, 6.45) is 1.51. The van der Waals surface area contributed by atoms with E-state index in [0.29, 0.717) is 0 Å². The maximum Gasteiger partial charge on any atom is 0.351 e. The number of rotatable bonds is 6. The van der Waals surface area contributed by atoms with Gasteiger partial charge in [-0.15, -0.1) is 0 Å². The number of hydrogen-bond acceptors (Lipinski definition) is 4. The predicted molar refractivity (Wildman–Crippen MR) is 60.7 cm³/mol. The number of carbonyl (C=O) groups is 1. The van der Waals surface area contributed by atoms with Gasteiger partial charge < -0.3 is 10.4 Å². The van der Waals surface area contributed by atoms with Gasteiger partial charge in [0.25, 0.3) is 0 Å². The summed E-state index contributed by atoms with van der Waals surface area (Å²) in [4.78, 5) is 20.7. The SMILES string of the molecule is O=NCCNC(=Cc1ccccc1)C(=O)O. The Hall–Kier alpha value is -2.17. The van der Waals surface area contributed by atoms with Gasteiger partial charge in [0.2, 0.25) is 0 Å². The van der Waals surface area contributed by atoms with E-state index in [9.17, 15) is 9.70 Å². The third-order valence-electron chi connectivity index (χ3n) is 1.86. The van der Waals surface area contributed by atoms with Crippen LogP contribution in [0.3, 0.4) is 0 Å². The molecule has 84 valence electrons. The van der Waals surface area contributed by atoms with Crippen molar-refractivity contribution in [2.24, 2.45) is 5.18 Å². The number of nitrogens with zero attached hydrogens (tertiary/aromatic N) is 1. The van der Waals surface area contributed by atoms with E-state index in [2.05, 4.69) is 10.5 Å². The van der Waals surface area contributed by atoms with Crippen LogP contribution >= 0.6 is 0 Å². The standard InChI is InChI=1S/C11H12N2O3/c14-11(15)10(12-6-7-13-16)8-9-4-2-1-3-5-9/h1-5,8,12H,6-7H2,(H,14,15). The van der Waals surface area contributed by atoms with E-state index in [0.717, 1.165) is 5.56 Å². The lowest BCUT2D eigenvalue weighted by Gasteiger charge is -2.04. The quantitative estimate of drug-likeness (QED) is 0.432. The largest absolute Gasteiger partial charge is 0.477 e. The number of aliphatic carboxylic acids is 1. The molecule has 1 aromatic carbocycles. The van der Waals surface area contributed by atoms with E-state index in [4.69, 9.17) is 5.11 Å². The highest BCUT2D eigenvalue weighted by atomic mass is 16.4. The maximum atomic E-state index is 10.9. The van der Waals surface area contributed by atoms with Gasteiger partial charge in [0.15, 0.2) is 0 Å². The average molecular weight is 220 g/mol. The first-order chi connectivity index (χ1) is 7.74. The van der Waals surface area contributed by atoms with Crippen molar-refractivity contribution in [2.45, 2.75) is 0 Å². The second kappa shape index (κ2) is 6.34. The maximum absolute atomic E-state index is 10.9. The van der Waals surface area contributed by atoms with Crippen LogP contribution in [0.15, 0.2) is 41.2 Å². The molecule has 1 rings (SSSR count). The Balaban J connectivity index is 2.73. The topological polar surface area (TPSA) is 78.8 Å². The number of carboxylic acid groups (broad SMARTS) is 1. The molecule has 0 aliphatic rings. The highest BCUT2D eigenvalue weighted by Gasteiger charge is 2.05. The first kappa shape index (κ1) is 11.9. The van der Waals surface area contributed by atoms with Crippen LogP contribution in [0.25, 0.3) is 6.08 Å². The molecular formula is C11H12N2O3. The molecule has 0 radical (unpaired) electrons. The van der Waals surface area contributed by atoms with Gasteiger partial charge in [-0.3, -0.25) is 0 Å². The summed E-state index contributed by atoms with van der Waals surface area (Å²) >= 11 is 0. The minimum atomic E-state index is -1.06. The Morgan fingerprint density at radius 3 is 2.62 bits per heavy atom. The van der Waals surface area contributed by atoms with Crippen LogP contribution in [0.2, 0.25) is 0 Å². The van der Waals surface area contributed by atoms with E-state index in [-0.39, 0.29) is 18.8 Å². The summed E-state index contributed by atoms with van der Waals surface area (Å²) in [6.45, 7) is 0.258. The third-order valence-corrected chi connectivity index (χ3v) is 1.86. The lowest BCUT2D eigenvalue weighted by molar-refractivity contribution is -0.132. The first-order valence-electron chi connectivity index (χ1n) is 4.77. The highest BCUT2D eigenvalue weighted by Crippen LogP contribution is 2.04. The molecule has 5 nitrogen and oxygen atoms in total. The third kappa shape index (κ3) is 3.91. The van der Waals surface area contributed by atoms with Gasteiger partial charge in [0.1, 0.15) is 5.70 Å².